The number of hydrogen-bond acceptors (Lipinski definition) is 3. The third-order valence-corrected chi connectivity index (χ3v) is 3.50. The number of aromatic nitrogens is 2. The first-order valence-corrected chi connectivity index (χ1v) is 6.45. The van der Waals surface area contributed by atoms with E-state index in [0.717, 1.165) is 30.4 Å². The summed E-state index contributed by atoms with van der Waals surface area (Å²) in [6.45, 7) is 5.48. The van der Waals surface area contributed by atoms with Crippen molar-refractivity contribution in [2.75, 3.05) is 32.7 Å². The monoisotopic (exact) mass is 290 g/mol. The van der Waals surface area contributed by atoms with Crippen LogP contribution in [-0.4, -0.2) is 58.2 Å². The summed E-state index contributed by atoms with van der Waals surface area (Å²) < 4.78 is 38.7. The molecule has 0 spiro atoms. The van der Waals surface area contributed by atoms with Crippen LogP contribution in [0.4, 0.5) is 13.2 Å². The van der Waals surface area contributed by atoms with Gasteiger partial charge in [-0.15, -0.1) is 0 Å². The Hall–Kier alpha value is -1.57. The third-order valence-electron chi connectivity index (χ3n) is 3.50. The number of carbonyl (C=O) groups excluding carboxylic acids is 1. The van der Waals surface area contributed by atoms with Crippen LogP contribution >= 0.6 is 0 Å². The highest BCUT2D eigenvalue weighted by Crippen LogP contribution is 2.28. The van der Waals surface area contributed by atoms with E-state index in [4.69, 9.17) is 0 Å². The van der Waals surface area contributed by atoms with E-state index in [1.165, 1.54) is 7.05 Å². The highest BCUT2D eigenvalue weighted by molar-refractivity contribution is 5.92. The van der Waals surface area contributed by atoms with E-state index in [1.807, 2.05) is 6.92 Å². The molecule has 5 nitrogen and oxygen atoms in total. The number of piperazine rings is 1. The van der Waals surface area contributed by atoms with Crippen LogP contribution in [0.2, 0.25) is 0 Å². The van der Waals surface area contributed by atoms with E-state index >= 15 is 0 Å². The predicted octanol–water partition coefficient (Wildman–Crippen LogP) is 1.22. The first-order chi connectivity index (χ1) is 9.32. The van der Waals surface area contributed by atoms with Gasteiger partial charge in [0.25, 0.3) is 5.91 Å². The number of hydrogen-bond donors (Lipinski definition) is 0. The van der Waals surface area contributed by atoms with Crippen molar-refractivity contribution in [2.45, 2.75) is 13.1 Å². The lowest BCUT2D eigenvalue weighted by atomic mass is 10.2. The standard InChI is InChI=1S/C12H17F3N4O/c1-3-18-4-6-19(7-5-18)11(20)9-8-10(12(13,14)15)16-17(9)2/h8H,3-7H2,1-2H3. The Morgan fingerprint density at radius 1 is 1.30 bits per heavy atom. The number of aryl methyl sites for hydroxylation is 1. The van der Waals surface area contributed by atoms with Crippen LogP contribution in [-0.2, 0) is 13.2 Å². The molecule has 1 aliphatic rings. The normalized spacial score (nSPS) is 17.6. The van der Waals surface area contributed by atoms with Crippen molar-refractivity contribution in [2.24, 2.45) is 7.05 Å². The van der Waals surface area contributed by atoms with Crippen LogP contribution in [0.25, 0.3) is 0 Å². The number of nitrogens with zero attached hydrogens (tertiary/aromatic N) is 4. The zero-order valence-electron chi connectivity index (χ0n) is 11.4. The smallest absolute Gasteiger partial charge is 0.335 e. The van der Waals surface area contributed by atoms with Crippen molar-refractivity contribution in [3.05, 3.63) is 17.5 Å². The van der Waals surface area contributed by atoms with Crippen LogP contribution in [0, 0.1) is 0 Å². The van der Waals surface area contributed by atoms with E-state index < -0.39 is 17.8 Å². The Kier molecular flexibility index (Phi) is 4.03. The van der Waals surface area contributed by atoms with Gasteiger partial charge in [-0.3, -0.25) is 9.48 Å². The molecule has 0 bridgehead atoms. The zero-order chi connectivity index (χ0) is 14.9. The SMILES string of the molecule is CCN1CCN(C(=O)c2cc(C(F)(F)F)nn2C)CC1. The average Bonchev–Trinajstić information content (AvgIpc) is 2.80. The number of amides is 1. The minimum Gasteiger partial charge on any atom is -0.335 e. The number of halogens is 3. The lowest BCUT2D eigenvalue weighted by Crippen LogP contribution is -2.48. The Bertz CT molecular complexity index is 489. The van der Waals surface area contributed by atoms with Crippen molar-refractivity contribution in [3.63, 3.8) is 0 Å². The number of rotatable bonds is 2. The van der Waals surface area contributed by atoms with Gasteiger partial charge in [-0.05, 0) is 6.54 Å². The fourth-order valence-electron chi connectivity index (χ4n) is 2.24. The summed E-state index contributed by atoms with van der Waals surface area (Å²) in [6, 6.07) is 0.814. The van der Waals surface area contributed by atoms with E-state index in [1.54, 1.807) is 4.90 Å². The highest BCUT2D eigenvalue weighted by Gasteiger charge is 2.36. The molecule has 1 fully saturated rings. The molecule has 1 aromatic heterocycles. The molecule has 0 radical (unpaired) electrons. The first kappa shape index (κ1) is 14.8. The molecule has 2 heterocycles. The van der Waals surface area contributed by atoms with Gasteiger partial charge < -0.3 is 9.80 Å². The maximum absolute atomic E-state index is 12.6. The van der Waals surface area contributed by atoms with Gasteiger partial charge in [-0.2, -0.15) is 18.3 Å². The van der Waals surface area contributed by atoms with Gasteiger partial charge >= 0.3 is 6.18 Å². The van der Waals surface area contributed by atoms with E-state index in [2.05, 4.69) is 10.00 Å². The molecule has 20 heavy (non-hydrogen) atoms. The molecule has 0 unspecified atom stereocenters. The van der Waals surface area contributed by atoms with Crippen molar-refractivity contribution < 1.29 is 18.0 Å². The quantitative estimate of drug-likeness (QED) is 0.822. The Morgan fingerprint density at radius 2 is 1.90 bits per heavy atom. The van der Waals surface area contributed by atoms with Crippen LogP contribution < -0.4 is 0 Å². The van der Waals surface area contributed by atoms with E-state index in [-0.39, 0.29) is 5.69 Å². The largest absolute Gasteiger partial charge is 0.435 e. The molecule has 0 atom stereocenters. The zero-order valence-corrected chi connectivity index (χ0v) is 11.4. The third kappa shape index (κ3) is 2.95. The fraction of sp³-hybridized carbons (Fsp3) is 0.667. The molecule has 8 heteroatoms. The maximum atomic E-state index is 12.6. The van der Waals surface area contributed by atoms with Gasteiger partial charge in [0.2, 0.25) is 0 Å². The van der Waals surface area contributed by atoms with Gasteiger partial charge in [-0.1, -0.05) is 6.92 Å². The highest BCUT2D eigenvalue weighted by atomic mass is 19.4. The van der Waals surface area contributed by atoms with Crippen LogP contribution in [0.15, 0.2) is 6.07 Å². The van der Waals surface area contributed by atoms with Crippen molar-refractivity contribution >= 4 is 5.91 Å². The van der Waals surface area contributed by atoms with Crippen LogP contribution in [0.1, 0.15) is 23.1 Å². The lowest BCUT2D eigenvalue weighted by Gasteiger charge is -2.33. The maximum Gasteiger partial charge on any atom is 0.435 e. The second-order valence-electron chi connectivity index (χ2n) is 4.76. The average molecular weight is 290 g/mol. The molecule has 1 aliphatic heterocycles. The van der Waals surface area contributed by atoms with E-state index in [0.29, 0.717) is 13.1 Å². The molecule has 0 saturated carbocycles. The molecule has 1 aromatic rings. The summed E-state index contributed by atoms with van der Waals surface area (Å²) in [7, 11) is 1.35. The Morgan fingerprint density at radius 3 is 2.35 bits per heavy atom. The Labute approximate surface area is 114 Å². The molecule has 1 saturated heterocycles. The minimum atomic E-state index is -4.53. The summed E-state index contributed by atoms with van der Waals surface area (Å²) in [5, 5.41) is 3.36. The fourth-order valence-corrected chi connectivity index (χ4v) is 2.24. The second kappa shape index (κ2) is 5.43. The molecular formula is C12H17F3N4O. The summed E-state index contributed by atoms with van der Waals surface area (Å²) in [5.74, 6) is -0.397. The van der Waals surface area contributed by atoms with Gasteiger partial charge in [0.15, 0.2) is 5.69 Å². The summed E-state index contributed by atoms with van der Waals surface area (Å²) in [4.78, 5) is 16.0. The van der Waals surface area contributed by atoms with Crippen molar-refractivity contribution in [1.82, 2.24) is 19.6 Å². The van der Waals surface area contributed by atoms with Gasteiger partial charge in [0.1, 0.15) is 5.69 Å². The van der Waals surface area contributed by atoms with Crippen LogP contribution in [0.5, 0.6) is 0 Å². The molecule has 0 N–H and O–H groups in total. The molecule has 2 rings (SSSR count). The second-order valence-corrected chi connectivity index (χ2v) is 4.76. The topological polar surface area (TPSA) is 41.4 Å². The number of alkyl halides is 3. The van der Waals surface area contributed by atoms with E-state index in [9.17, 15) is 18.0 Å². The molecule has 0 aromatic carbocycles. The summed E-state index contributed by atoms with van der Waals surface area (Å²) in [5.41, 5.74) is -1.06. The number of likely N-dealkylation sites (N-methyl/N-ethyl adjacent to an activating group) is 1. The summed E-state index contributed by atoms with van der Waals surface area (Å²) in [6.07, 6.45) is -4.53. The minimum absolute atomic E-state index is 0.0257. The first-order valence-electron chi connectivity index (χ1n) is 6.45. The van der Waals surface area contributed by atoms with Gasteiger partial charge in [-0.25, -0.2) is 0 Å². The van der Waals surface area contributed by atoms with Crippen molar-refractivity contribution in [3.8, 4) is 0 Å². The van der Waals surface area contributed by atoms with Crippen LogP contribution in [0.3, 0.4) is 0 Å². The van der Waals surface area contributed by atoms with Gasteiger partial charge in [0.05, 0.1) is 0 Å². The molecular weight excluding hydrogens is 273 g/mol. The Balaban J connectivity index is 2.12. The van der Waals surface area contributed by atoms with Crippen molar-refractivity contribution in [1.29, 1.82) is 0 Å². The molecule has 1 amide bonds. The number of carbonyl (C=O) groups is 1. The predicted molar refractivity (Wildman–Crippen MR) is 66.2 cm³/mol. The summed E-state index contributed by atoms with van der Waals surface area (Å²) >= 11 is 0. The molecule has 0 aliphatic carbocycles. The lowest BCUT2D eigenvalue weighted by molar-refractivity contribution is -0.141. The van der Waals surface area contributed by atoms with Gasteiger partial charge in [0, 0.05) is 39.3 Å². The molecule has 112 valence electrons.